The third kappa shape index (κ3) is 7.70. The molecule has 1 amide bonds. The van der Waals surface area contributed by atoms with Crippen LogP contribution in [0.4, 0.5) is 0 Å². The van der Waals surface area contributed by atoms with Gasteiger partial charge < -0.3 is 10.4 Å². The Morgan fingerprint density at radius 3 is 2.33 bits per heavy atom. The molecule has 0 aromatic carbocycles. The Kier molecular flexibility index (Phi) is 4.43. The number of aliphatic hydroxyl groups is 1. The maximum atomic E-state index is 11.1. The molecule has 0 aromatic rings. The summed E-state index contributed by atoms with van der Waals surface area (Å²) in [6.45, 7) is 6.14. The van der Waals surface area contributed by atoms with Gasteiger partial charge in [-0.05, 0) is 5.41 Å². The summed E-state index contributed by atoms with van der Waals surface area (Å²) in [5.74, 6) is -0.0488. The van der Waals surface area contributed by atoms with Gasteiger partial charge in [0.2, 0.25) is 5.91 Å². The molecule has 0 aliphatic carbocycles. The van der Waals surface area contributed by atoms with Crippen LogP contribution in [0.1, 0.15) is 27.2 Å². The second kappa shape index (κ2) is 4.58. The maximum absolute atomic E-state index is 11.1. The van der Waals surface area contributed by atoms with Crippen LogP contribution in [-0.4, -0.2) is 23.0 Å². The van der Waals surface area contributed by atoms with Crippen molar-refractivity contribution in [2.24, 2.45) is 5.41 Å². The molecule has 0 atom stereocenters. The third-order valence-electron chi connectivity index (χ3n) is 1.14. The summed E-state index contributed by atoms with van der Waals surface area (Å²) in [4.78, 5) is 11.1. The second-order valence-electron chi connectivity index (χ2n) is 3.96. The summed E-state index contributed by atoms with van der Waals surface area (Å²) in [5.41, 5.74) is 0.0306. The number of carbonyl (C=O) groups excluding carboxylic acids is 1. The fraction of sp³-hybridized carbons (Fsp3) is 0.750. The minimum atomic E-state index is -0.0488. The monoisotopic (exact) mass is 189 g/mol. The summed E-state index contributed by atoms with van der Waals surface area (Å²) in [6.07, 6.45) is 0.465. The molecule has 0 bridgehead atoms. The number of amides is 1. The molecule has 70 valence electrons. The van der Waals surface area contributed by atoms with E-state index in [2.05, 4.69) is 14.2 Å². The smallest absolute Gasteiger partial charge is 0.220 e. The lowest BCUT2D eigenvalue weighted by Gasteiger charge is -2.16. The number of aliphatic hydroxyl groups excluding tert-OH is 1. The van der Waals surface area contributed by atoms with E-state index in [1.807, 2.05) is 20.8 Å². The molecule has 0 unspecified atom stereocenters. The molecule has 0 saturated carbocycles. The summed E-state index contributed by atoms with van der Waals surface area (Å²) in [6, 6.07) is 0. The molecule has 0 heterocycles. The SMILES string of the molecule is CC(C)(C)CC(=O)NCC(O)=P. The summed E-state index contributed by atoms with van der Waals surface area (Å²) in [5, 5.41) is 11.3. The van der Waals surface area contributed by atoms with E-state index in [0.29, 0.717) is 6.42 Å². The van der Waals surface area contributed by atoms with Crippen molar-refractivity contribution in [3.8, 4) is 0 Å². The molecular formula is C8H16NO2P. The zero-order valence-corrected chi connectivity index (χ0v) is 8.77. The Balaban J connectivity index is 3.68. The molecule has 0 rings (SSSR count). The summed E-state index contributed by atoms with van der Waals surface area (Å²) >= 11 is 0. The first-order valence-corrected chi connectivity index (χ1v) is 4.34. The highest BCUT2D eigenvalue weighted by Crippen LogP contribution is 2.17. The first-order chi connectivity index (χ1) is 5.31. The number of nitrogens with one attached hydrogen (secondary N) is 1. The van der Waals surface area contributed by atoms with Gasteiger partial charge in [-0.3, -0.25) is 4.79 Å². The minimum absolute atomic E-state index is 0.00849. The van der Waals surface area contributed by atoms with Gasteiger partial charge in [-0.15, -0.1) is 0 Å². The van der Waals surface area contributed by atoms with E-state index in [1.165, 1.54) is 0 Å². The summed E-state index contributed by atoms with van der Waals surface area (Å²) < 4.78 is 0. The molecule has 0 aliphatic heterocycles. The van der Waals surface area contributed by atoms with Crippen LogP contribution in [0.2, 0.25) is 0 Å². The van der Waals surface area contributed by atoms with Crippen molar-refractivity contribution in [3.05, 3.63) is 0 Å². The van der Waals surface area contributed by atoms with Crippen molar-refractivity contribution in [2.75, 3.05) is 6.54 Å². The molecule has 0 saturated heterocycles. The van der Waals surface area contributed by atoms with Gasteiger partial charge >= 0.3 is 0 Å². The minimum Gasteiger partial charge on any atom is -0.359 e. The Hall–Kier alpha value is -0.400. The van der Waals surface area contributed by atoms with E-state index >= 15 is 0 Å². The second-order valence-corrected chi connectivity index (χ2v) is 4.54. The van der Waals surface area contributed by atoms with Crippen molar-refractivity contribution in [3.63, 3.8) is 0 Å². The lowest BCUT2D eigenvalue weighted by atomic mass is 9.92. The van der Waals surface area contributed by atoms with Crippen LogP contribution >= 0.6 is 8.86 Å². The average Bonchev–Trinajstić information content (AvgIpc) is 1.79. The van der Waals surface area contributed by atoms with Crippen molar-refractivity contribution < 1.29 is 9.90 Å². The van der Waals surface area contributed by atoms with Gasteiger partial charge in [0.1, 0.15) is 0 Å². The van der Waals surface area contributed by atoms with Crippen LogP contribution in [0, 0.1) is 5.41 Å². The highest BCUT2D eigenvalue weighted by molar-refractivity contribution is 7.20. The quantitative estimate of drug-likeness (QED) is 0.655. The van der Waals surface area contributed by atoms with Crippen molar-refractivity contribution in [1.82, 2.24) is 5.32 Å². The maximum Gasteiger partial charge on any atom is 0.220 e. The van der Waals surface area contributed by atoms with Crippen LogP contribution in [0.15, 0.2) is 0 Å². The normalized spacial score (nSPS) is 11.0. The molecule has 12 heavy (non-hydrogen) atoms. The zero-order valence-electron chi connectivity index (χ0n) is 7.77. The molecule has 3 nitrogen and oxygen atoms in total. The highest BCUT2D eigenvalue weighted by atomic mass is 31.0. The van der Waals surface area contributed by atoms with Crippen LogP contribution < -0.4 is 5.32 Å². The Bertz CT molecular complexity index is 184. The van der Waals surface area contributed by atoms with E-state index < -0.39 is 0 Å². The largest absolute Gasteiger partial charge is 0.359 e. The Labute approximate surface area is 75.4 Å². The van der Waals surface area contributed by atoms with Crippen LogP contribution in [0.3, 0.4) is 0 Å². The highest BCUT2D eigenvalue weighted by Gasteiger charge is 2.15. The van der Waals surface area contributed by atoms with Gasteiger partial charge in [0, 0.05) is 6.42 Å². The zero-order chi connectivity index (χ0) is 9.78. The standard InChI is InChI=1S/C8H16NO2P/c1-8(2,3)4-6(10)9-5-7(11)12/h11-12H,4-5H2,1-3H3,(H,9,10). The number of rotatable bonds is 3. The Morgan fingerprint density at radius 2 is 2.00 bits per heavy atom. The Morgan fingerprint density at radius 1 is 1.50 bits per heavy atom. The first-order valence-electron chi connectivity index (χ1n) is 3.84. The van der Waals surface area contributed by atoms with E-state index in [-0.39, 0.29) is 23.3 Å². The van der Waals surface area contributed by atoms with Gasteiger partial charge in [-0.25, -0.2) is 0 Å². The first kappa shape index (κ1) is 11.6. The van der Waals surface area contributed by atoms with Crippen molar-refractivity contribution in [1.29, 1.82) is 0 Å². The van der Waals surface area contributed by atoms with Gasteiger partial charge in [0.05, 0.1) is 12.0 Å². The molecule has 0 aromatic heterocycles. The fourth-order valence-corrected chi connectivity index (χ4v) is 0.815. The van der Waals surface area contributed by atoms with E-state index in [1.54, 1.807) is 0 Å². The average molecular weight is 189 g/mol. The van der Waals surface area contributed by atoms with E-state index in [0.717, 1.165) is 0 Å². The lowest BCUT2D eigenvalue weighted by Crippen LogP contribution is -2.31. The van der Waals surface area contributed by atoms with Crippen LogP contribution in [-0.2, 0) is 4.79 Å². The molecule has 4 heteroatoms. The molecule has 0 radical (unpaired) electrons. The third-order valence-corrected chi connectivity index (χ3v) is 1.32. The van der Waals surface area contributed by atoms with Gasteiger partial charge in [-0.1, -0.05) is 29.6 Å². The van der Waals surface area contributed by atoms with E-state index in [4.69, 9.17) is 5.11 Å². The summed E-state index contributed by atoms with van der Waals surface area (Å²) in [7, 11) is 2.89. The van der Waals surface area contributed by atoms with E-state index in [9.17, 15) is 4.79 Å². The molecule has 0 spiro atoms. The topological polar surface area (TPSA) is 49.3 Å². The van der Waals surface area contributed by atoms with Gasteiger partial charge in [-0.2, -0.15) is 0 Å². The molecule has 0 fully saturated rings. The predicted molar refractivity (Wildman–Crippen MR) is 52.3 cm³/mol. The number of carbonyl (C=O) groups is 1. The van der Waals surface area contributed by atoms with Gasteiger partial charge in [0.25, 0.3) is 0 Å². The molecule has 2 N–H and O–H groups in total. The van der Waals surface area contributed by atoms with Crippen molar-refractivity contribution >= 4 is 20.3 Å². The van der Waals surface area contributed by atoms with Crippen LogP contribution in [0.25, 0.3) is 0 Å². The fourth-order valence-electron chi connectivity index (χ4n) is 0.726. The number of hydrogen-bond acceptors (Lipinski definition) is 1. The number of hydrogen-bond donors (Lipinski definition) is 2. The molecule has 0 aliphatic rings. The predicted octanol–water partition coefficient (Wildman–Crippen LogP) is 1.18. The lowest BCUT2D eigenvalue weighted by molar-refractivity contribution is -0.122. The van der Waals surface area contributed by atoms with Crippen LogP contribution in [0.5, 0.6) is 0 Å². The van der Waals surface area contributed by atoms with Gasteiger partial charge in [0.15, 0.2) is 0 Å². The molecular weight excluding hydrogens is 173 g/mol. The van der Waals surface area contributed by atoms with Crippen molar-refractivity contribution in [2.45, 2.75) is 27.2 Å².